The van der Waals surface area contributed by atoms with Crippen molar-refractivity contribution < 1.29 is 0 Å². The third-order valence-electron chi connectivity index (χ3n) is 2.82. The minimum absolute atomic E-state index is 0.116. The second-order valence-corrected chi connectivity index (χ2v) is 4.45. The summed E-state index contributed by atoms with van der Waals surface area (Å²) in [6.45, 7) is 3.98. The number of rotatable bonds is 4. The molecule has 3 N–H and O–H groups in total. The Balaban J connectivity index is 1.77. The van der Waals surface area contributed by atoms with Crippen molar-refractivity contribution in [2.24, 2.45) is 5.73 Å². The van der Waals surface area contributed by atoms with Gasteiger partial charge in [-0.05, 0) is 25.3 Å². The molecule has 1 aromatic carbocycles. The van der Waals surface area contributed by atoms with E-state index in [0.717, 1.165) is 13.1 Å². The zero-order valence-electron chi connectivity index (χ0n) is 8.72. The van der Waals surface area contributed by atoms with Gasteiger partial charge in [0.2, 0.25) is 0 Å². The molecule has 0 heterocycles. The van der Waals surface area contributed by atoms with Gasteiger partial charge in [-0.2, -0.15) is 0 Å². The molecule has 0 saturated heterocycles. The van der Waals surface area contributed by atoms with Gasteiger partial charge in [0.05, 0.1) is 0 Å². The third kappa shape index (κ3) is 2.56. The summed E-state index contributed by atoms with van der Waals surface area (Å²) in [7, 11) is 0. The van der Waals surface area contributed by atoms with Gasteiger partial charge >= 0.3 is 0 Å². The highest BCUT2D eigenvalue weighted by Gasteiger charge is 2.37. The summed E-state index contributed by atoms with van der Waals surface area (Å²) in [5.74, 6) is 0. The monoisotopic (exact) mass is 190 g/mol. The first-order chi connectivity index (χ1) is 6.68. The molecule has 0 amide bonds. The van der Waals surface area contributed by atoms with Crippen LogP contribution in [0.2, 0.25) is 0 Å². The summed E-state index contributed by atoms with van der Waals surface area (Å²) in [6.07, 6.45) is 2.35. The van der Waals surface area contributed by atoms with Gasteiger partial charge in [-0.3, -0.25) is 0 Å². The van der Waals surface area contributed by atoms with Gasteiger partial charge in [0.1, 0.15) is 0 Å². The Labute approximate surface area is 85.5 Å². The zero-order valence-corrected chi connectivity index (χ0v) is 8.72. The lowest BCUT2D eigenvalue weighted by Crippen LogP contribution is -2.35. The largest absolute Gasteiger partial charge is 0.324 e. The first kappa shape index (κ1) is 9.69. The SMILES string of the molecule is Cc1ccc(CNCC2(N)CC2)cc1. The highest BCUT2D eigenvalue weighted by Crippen LogP contribution is 2.30. The van der Waals surface area contributed by atoms with E-state index in [1.807, 2.05) is 0 Å². The quantitative estimate of drug-likeness (QED) is 0.756. The van der Waals surface area contributed by atoms with Crippen LogP contribution in [0.15, 0.2) is 24.3 Å². The summed E-state index contributed by atoms with van der Waals surface area (Å²) in [5, 5.41) is 3.40. The molecule has 2 rings (SSSR count). The number of aryl methyl sites for hydroxylation is 1. The summed E-state index contributed by atoms with van der Waals surface area (Å²) in [6, 6.07) is 8.62. The molecule has 1 aliphatic carbocycles. The molecule has 1 aromatic rings. The molecular formula is C12H18N2. The highest BCUT2D eigenvalue weighted by molar-refractivity contribution is 5.21. The maximum atomic E-state index is 5.97. The van der Waals surface area contributed by atoms with Crippen LogP contribution in [0.1, 0.15) is 24.0 Å². The molecule has 2 nitrogen and oxygen atoms in total. The maximum absolute atomic E-state index is 5.97. The normalized spacial score (nSPS) is 18.1. The summed E-state index contributed by atoms with van der Waals surface area (Å²) < 4.78 is 0. The number of nitrogens with one attached hydrogen (secondary N) is 1. The van der Waals surface area contributed by atoms with E-state index >= 15 is 0 Å². The lowest BCUT2D eigenvalue weighted by molar-refractivity contribution is 0.569. The van der Waals surface area contributed by atoms with Crippen molar-refractivity contribution in [3.63, 3.8) is 0 Å². The molecule has 76 valence electrons. The van der Waals surface area contributed by atoms with E-state index in [2.05, 4.69) is 36.5 Å². The predicted molar refractivity (Wildman–Crippen MR) is 59.0 cm³/mol. The Morgan fingerprint density at radius 3 is 2.50 bits per heavy atom. The zero-order chi connectivity index (χ0) is 10.0. The van der Waals surface area contributed by atoms with Gasteiger partial charge in [0, 0.05) is 18.6 Å². The molecule has 0 aliphatic heterocycles. The van der Waals surface area contributed by atoms with Gasteiger partial charge in [0.25, 0.3) is 0 Å². The van der Waals surface area contributed by atoms with E-state index in [1.54, 1.807) is 0 Å². The van der Waals surface area contributed by atoms with Crippen LogP contribution < -0.4 is 11.1 Å². The van der Waals surface area contributed by atoms with E-state index in [0.29, 0.717) is 0 Å². The van der Waals surface area contributed by atoms with Crippen LogP contribution >= 0.6 is 0 Å². The van der Waals surface area contributed by atoms with Gasteiger partial charge in [-0.25, -0.2) is 0 Å². The third-order valence-corrected chi connectivity index (χ3v) is 2.82. The van der Waals surface area contributed by atoms with Crippen molar-refractivity contribution in [3.8, 4) is 0 Å². The van der Waals surface area contributed by atoms with Crippen LogP contribution in [-0.4, -0.2) is 12.1 Å². The molecule has 2 heteroatoms. The van der Waals surface area contributed by atoms with E-state index in [4.69, 9.17) is 5.73 Å². The summed E-state index contributed by atoms with van der Waals surface area (Å²) in [4.78, 5) is 0. The second kappa shape index (κ2) is 3.71. The Bertz CT molecular complexity index is 299. The van der Waals surface area contributed by atoms with Crippen molar-refractivity contribution in [1.29, 1.82) is 0 Å². The van der Waals surface area contributed by atoms with Gasteiger partial charge in [-0.1, -0.05) is 29.8 Å². The van der Waals surface area contributed by atoms with Gasteiger partial charge in [-0.15, -0.1) is 0 Å². The minimum Gasteiger partial charge on any atom is -0.324 e. The number of hydrogen-bond donors (Lipinski definition) is 2. The molecule has 0 radical (unpaired) electrons. The average Bonchev–Trinajstić information content (AvgIpc) is 2.88. The van der Waals surface area contributed by atoms with Crippen molar-refractivity contribution in [3.05, 3.63) is 35.4 Å². The van der Waals surface area contributed by atoms with E-state index < -0.39 is 0 Å². The highest BCUT2D eigenvalue weighted by atomic mass is 15.0. The Morgan fingerprint density at radius 1 is 1.29 bits per heavy atom. The molecule has 1 aliphatic rings. The van der Waals surface area contributed by atoms with Crippen molar-refractivity contribution in [2.75, 3.05) is 6.54 Å². The van der Waals surface area contributed by atoms with Crippen molar-refractivity contribution >= 4 is 0 Å². The molecule has 0 unspecified atom stereocenters. The lowest BCUT2D eigenvalue weighted by atomic mass is 10.1. The molecular weight excluding hydrogens is 172 g/mol. The van der Waals surface area contributed by atoms with Crippen molar-refractivity contribution in [2.45, 2.75) is 31.8 Å². The lowest BCUT2D eigenvalue weighted by Gasteiger charge is -2.10. The van der Waals surface area contributed by atoms with Crippen LogP contribution in [0.4, 0.5) is 0 Å². The van der Waals surface area contributed by atoms with E-state index in [-0.39, 0.29) is 5.54 Å². The first-order valence-electron chi connectivity index (χ1n) is 5.23. The summed E-state index contributed by atoms with van der Waals surface area (Å²) >= 11 is 0. The molecule has 0 aromatic heterocycles. The average molecular weight is 190 g/mol. The van der Waals surface area contributed by atoms with Crippen LogP contribution in [0.25, 0.3) is 0 Å². The van der Waals surface area contributed by atoms with E-state index in [9.17, 15) is 0 Å². The smallest absolute Gasteiger partial charge is 0.0282 e. The number of benzene rings is 1. The molecule has 0 bridgehead atoms. The predicted octanol–water partition coefficient (Wildman–Crippen LogP) is 1.58. The summed E-state index contributed by atoms with van der Waals surface area (Å²) in [5.41, 5.74) is 8.73. The fourth-order valence-corrected chi connectivity index (χ4v) is 1.50. The Kier molecular flexibility index (Phi) is 2.57. The fraction of sp³-hybridized carbons (Fsp3) is 0.500. The molecule has 0 spiro atoms. The molecule has 1 saturated carbocycles. The standard InChI is InChI=1S/C12H18N2/c1-10-2-4-11(5-3-10)8-14-9-12(13)6-7-12/h2-5,14H,6-9,13H2,1H3. The first-order valence-corrected chi connectivity index (χ1v) is 5.23. The van der Waals surface area contributed by atoms with Gasteiger partial charge in [0.15, 0.2) is 0 Å². The maximum Gasteiger partial charge on any atom is 0.0282 e. The van der Waals surface area contributed by atoms with Crippen molar-refractivity contribution in [1.82, 2.24) is 5.32 Å². The Hall–Kier alpha value is -0.860. The van der Waals surface area contributed by atoms with E-state index in [1.165, 1.54) is 24.0 Å². The van der Waals surface area contributed by atoms with Crippen LogP contribution in [0, 0.1) is 6.92 Å². The second-order valence-electron chi connectivity index (χ2n) is 4.45. The molecule has 14 heavy (non-hydrogen) atoms. The van der Waals surface area contributed by atoms with Crippen LogP contribution in [0.3, 0.4) is 0 Å². The minimum atomic E-state index is 0.116. The Morgan fingerprint density at radius 2 is 1.93 bits per heavy atom. The molecule has 1 fully saturated rings. The van der Waals surface area contributed by atoms with Gasteiger partial charge < -0.3 is 11.1 Å². The van der Waals surface area contributed by atoms with Crippen LogP contribution in [0.5, 0.6) is 0 Å². The number of nitrogens with two attached hydrogens (primary N) is 1. The topological polar surface area (TPSA) is 38.0 Å². The van der Waals surface area contributed by atoms with Crippen LogP contribution in [-0.2, 0) is 6.54 Å². The fourth-order valence-electron chi connectivity index (χ4n) is 1.50. The molecule has 0 atom stereocenters. The number of hydrogen-bond acceptors (Lipinski definition) is 2.